The summed E-state index contributed by atoms with van der Waals surface area (Å²) in [6, 6.07) is 0.954. The van der Waals surface area contributed by atoms with Crippen LogP contribution in [0.2, 0.25) is 0 Å². The van der Waals surface area contributed by atoms with E-state index < -0.39 is 46.8 Å². The van der Waals surface area contributed by atoms with Gasteiger partial charge in [-0.05, 0) is 55.2 Å². The van der Waals surface area contributed by atoms with Gasteiger partial charge in [0, 0.05) is 0 Å². The normalized spacial score (nSPS) is 21.5. The Morgan fingerprint density at radius 3 is 2.40 bits per heavy atom. The molecule has 2 aliphatic carbocycles. The van der Waals surface area contributed by atoms with Crippen molar-refractivity contribution in [3.05, 3.63) is 29.6 Å². The average Bonchev–Trinajstić information content (AvgIpc) is 3.31. The van der Waals surface area contributed by atoms with E-state index in [-0.39, 0.29) is 11.8 Å². The average molecular weight is 427 g/mol. The molecule has 2 atom stereocenters. The number of phenolic OH excluding ortho intramolecular Hbond substituents is 1. The van der Waals surface area contributed by atoms with Crippen LogP contribution < -0.4 is 10.6 Å². The Balaban J connectivity index is 1.88. The summed E-state index contributed by atoms with van der Waals surface area (Å²) >= 11 is 0. The number of nitriles is 1. The van der Waals surface area contributed by atoms with Crippen LogP contribution in [0.3, 0.4) is 0 Å². The van der Waals surface area contributed by atoms with E-state index in [1.54, 1.807) is 0 Å². The van der Waals surface area contributed by atoms with Gasteiger partial charge in [0.1, 0.15) is 11.6 Å². The highest BCUT2D eigenvalue weighted by Crippen LogP contribution is 2.43. The van der Waals surface area contributed by atoms with Crippen molar-refractivity contribution in [1.29, 1.82) is 5.26 Å². The fourth-order valence-corrected chi connectivity index (χ4v) is 4.15. The monoisotopic (exact) mass is 427 g/mol. The summed E-state index contributed by atoms with van der Waals surface area (Å²) in [6.07, 6.45) is -0.217. The fraction of sp³-hybridized carbons (Fsp3) is 0.619. The van der Waals surface area contributed by atoms with Gasteiger partial charge in [-0.3, -0.25) is 10.1 Å². The molecule has 0 aromatic heterocycles. The van der Waals surface area contributed by atoms with Crippen molar-refractivity contribution in [3.63, 3.8) is 0 Å². The molecule has 2 aliphatic rings. The second kappa shape index (κ2) is 8.06. The maximum Gasteiger partial charge on any atom is 0.407 e. The summed E-state index contributed by atoms with van der Waals surface area (Å²) in [5.74, 6) is -2.58. The molecule has 1 amide bonds. The maximum atomic E-state index is 13.9. The predicted octanol–water partition coefficient (Wildman–Crippen LogP) is 4.24. The first kappa shape index (κ1) is 22.3. The van der Waals surface area contributed by atoms with Gasteiger partial charge in [-0.2, -0.15) is 18.4 Å². The summed E-state index contributed by atoms with van der Waals surface area (Å²) in [4.78, 5) is 12.9. The molecule has 0 unspecified atom stereocenters. The number of benzene rings is 1. The van der Waals surface area contributed by atoms with E-state index in [0.717, 1.165) is 37.8 Å². The zero-order valence-corrected chi connectivity index (χ0v) is 16.7. The van der Waals surface area contributed by atoms with E-state index >= 15 is 0 Å². The molecular formula is C21H25F4N3O2. The number of alkyl halides is 3. The molecule has 5 nitrogen and oxygen atoms in total. The molecule has 0 radical (unpaired) electrons. The molecule has 3 rings (SSSR count). The number of carbonyl (C=O) groups is 1. The molecule has 0 saturated heterocycles. The third kappa shape index (κ3) is 5.04. The van der Waals surface area contributed by atoms with Gasteiger partial charge >= 0.3 is 6.18 Å². The van der Waals surface area contributed by atoms with Gasteiger partial charge in [-0.25, -0.2) is 4.39 Å². The first-order valence-corrected chi connectivity index (χ1v) is 10.0. The van der Waals surface area contributed by atoms with Crippen molar-refractivity contribution in [2.24, 2.45) is 5.41 Å². The van der Waals surface area contributed by atoms with Crippen LogP contribution in [0, 0.1) is 22.6 Å². The van der Waals surface area contributed by atoms with E-state index in [4.69, 9.17) is 0 Å². The lowest BCUT2D eigenvalue weighted by atomic mass is 9.81. The minimum atomic E-state index is -4.80. The smallest absolute Gasteiger partial charge is 0.407 e. The lowest BCUT2D eigenvalue weighted by molar-refractivity contribution is -0.161. The zero-order chi connectivity index (χ0) is 22.2. The van der Waals surface area contributed by atoms with Crippen LogP contribution >= 0.6 is 0 Å². The van der Waals surface area contributed by atoms with Crippen molar-refractivity contribution < 1.29 is 27.5 Å². The molecular weight excluding hydrogens is 402 g/mol. The topological polar surface area (TPSA) is 85.2 Å². The second-order valence-corrected chi connectivity index (χ2v) is 8.81. The molecule has 0 spiro atoms. The minimum Gasteiger partial charge on any atom is -0.505 e. The third-order valence-corrected chi connectivity index (χ3v) is 6.15. The van der Waals surface area contributed by atoms with Crippen LogP contribution in [0.15, 0.2) is 18.2 Å². The van der Waals surface area contributed by atoms with Gasteiger partial charge in [0.2, 0.25) is 5.91 Å². The van der Waals surface area contributed by atoms with Crippen molar-refractivity contribution >= 4 is 5.91 Å². The Hall–Kier alpha value is -2.34. The van der Waals surface area contributed by atoms with Crippen molar-refractivity contribution in [2.75, 3.05) is 0 Å². The lowest BCUT2D eigenvalue weighted by Crippen LogP contribution is -2.53. The number of aromatic hydroxyl groups is 1. The Kier molecular flexibility index (Phi) is 6.01. The predicted molar refractivity (Wildman–Crippen MR) is 101 cm³/mol. The number of phenols is 1. The number of carbonyl (C=O) groups excluding carboxylic acids is 1. The molecule has 0 heterocycles. The van der Waals surface area contributed by atoms with Gasteiger partial charge in [-0.15, -0.1) is 0 Å². The van der Waals surface area contributed by atoms with Crippen molar-refractivity contribution in [2.45, 2.75) is 75.7 Å². The van der Waals surface area contributed by atoms with Gasteiger partial charge in [0.05, 0.1) is 12.1 Å². The first-order chi connectivity index (χ1) is 14.0. The standard InChI is InChI=1S/C21H25F4N3O2/c1-19(6-2-3-7-19)11-15(18(30)28-20(12-26)8-9-20)27-17(21(23,24)25)13-4-5-16(29)14(22)10-13/h4-5,10,15,17,27,29H,2-3,6-9,11H2,1H3,(H,28,30)/t15-,17-/m0/s1. The number of hydrogen-bond donors (Lipinski definition) is 3. The summed E-state index contributed by atoms with van der Waals surface area (Å²) in [7, 11) is 0. The Labute approximate surface area is 172 Å². The van der Waals surface area contributed by atoms with E-state index in [2.05, 4.69) is 10.6 Å². The highest BCUT2D eigenvalue weighted by Gasteiger charge is 2.48. The number of amides is 1. The molecule has 3 N–H and O–H groups in total. The summed E-state index contributed by atoms with van der Waals surface area (Å²) in [5.41, 5.74) is -1.74. The number of hydrogen-bond acceptors (Lipinski definition) is 4. The van der Waals surface area contributed by atoms with E-state index in [9.17, 15) is 32.7 Å². The highest BCUT2D eigenvalue weighted by atomic mass is 19.4. The number of rotatable bonds is 7. The van der Waals surface area contributed by atoms with Crippen LogP contribution in [-0.2, 0) is 4.79 Å². The van der Waals surface area contributed by atoms with Crippen LogP contribution in [0.4, 0.5) is 17.6 Å². The fourth-order valence-electron chi connectivity index (χ4n) is 4.15. The summed E-state index contributed by atoms with van der Waals surface area (Å²) < 4.78 is 55.3. The molecule has 0 bridgehead atoms. The largest absolute Gasteiger partial charge is 0.505 e. The molecule has 2 saturated carbocycles. The molecule has 30 heavy (non-hydrogen) atoms. The number of nitrogens with zero attached hydrogens (tertiary/aromatic N) is 1. The zero-order valence-electron chi connectivity index (χ0n) is 16.7. The van der Waals surface area contributed by atoms with Crippen LogP contribution in [0.5, 0.6) is 5.75 Å². The maximum absolute atomic E-state index is 13.9. The van der Waals surface area contributed by atoms with E-state index in [1.807, 2.05) is 13.0 Å². The molecule has 1 aromatic carbocycles. The Morgan fingerprint density at radius 2 is 1.90 bits per heavy atom. The van der Waals surface area contributed by atoms with Gasteiger partial charge in [-0.1, -0.05) is 25.8 Å². The van der Waals surface area contributed by atoms with Gasteiger partial charge < -0.3 is 10.4 Å². The third-order valence-electron chi connectivity index (χ3n) is 6.15. The van der Waals surface area contributed by atoms with Gasteiger partial charge in [0.25, 0.3) is 0 Å². The van der Waals surface area contributed by atoms with Crippen LogP contribution in [0.1, 0.15) is 63.5 Å². The molecule has 1 aromatic rings. The Bertz CT molecular complexity index is 840. The molecule has 2 fully saturated rings. The number of halogens is 4. The molecule has 0 aliphatic heterocycles. The molecule has 9 heteroatoms. The van der Waals surface area contributed by atoms with E-state index in [1.165, 1.54) is 0 Å². The summed E-state index contributed by atoms with van der Waals surface area (Å²) in [5, 5.41) is 23.5. The van der Waals surface area contributed by atoms with Crippen LogP contribution in [0.25, 0.3) is 0 Å². The van der Waals surface area contributed by atoms with Crippen molar-refractivity contribution in [1.82, 2.24) is 10.6 Å². The van der Waals surface area contributed by atoms with Crippen LogP contribution in [-0.4, -0.2) is 28.8 Å². The summed E-state index contributed by atoms with van der Waals surface area (Å²) in [6.45, 7) is 1.95. The SMILES string of the molecule is CC1(C[C@H](N[C@@H](c2ccc(O)c(F)c2)C(F)(F)F)C(=O)NC2(C#N)CC2)CCCC1. The quantitative estimate of drug-likeness (QED) is 0.569. The van der Waals surface area contributed by atoms with E-state index in [0.29, 0.717) is 18.9 Å². The van der Waals surface area contributed by atoms with Crippen molar-refractivity contribution in [3.8, 4) is 11.8 Å². The first-order valence-electron chi connectivity index (χ1n) is 10.0. The second-order valence-electron chi connectivity index (χ2n) is 8.81. The highest BCUT2D eigenvalue weighted by molar-refractivity contribution is 5.83. The minimum absolute atomic E-state index is 0.174. The lowest BCUT2D eigenvalue weighted by Gasteiger charge is -2.33. The Morgan fingerprint density at radius 1 is 1.27 bits per heavy atom. The molecule has 164 valence electrons. The number of nitrogens with one attached hydrogen (secondary N) is 2. The van der Waals surface area contributed by atoms with Gasteiger partial charge in [0.15, 0.2) is 11.6 Å².